The number of rotatable bonds is 4. The van der Waals surface area contributed by atoms with E-state index in [0.717, 1.165) is 62.9 Å². The standard InChI is InChI=1S/C20H33N5O/c1-15-16(2)21-17(3)22-19(15)25-10-6-8-20(14-25)9-7-18(26)24(13-20)12-11-23(4)5/h6-14H2,1-5H3. The maximum absolute atomic E-state index is 12.4. The Labute approximate surface area is 157 Å². The number of hydrogen-bond donors (Lipinski definition) is 0. The molecule has 3 heterocycles. The molecule has 6 nitrogen and oxygen atoms in total. The first-order valence-electron chi connectivity index (χ1n) is 9.79. The number of carbonyl (C=O) groups excluding carboxylic acids is 1. The van der Waals surface area contributed by atoms with Crippen LogP contribution in [0.2, 0.25) is 0 Å². The molecule has 2 saturated heterocycles. The fraction of sp³-hybridized carbons (Fsp3) is 0.750. The number of amides is 1. The molecule has 0 aliphatic carbocycles. The number of piperidine rings is 2. The van der Waals surface area contributed by atoms with E-state index in [2.05, 4.69) is 47.6 Å². The van der Waals surface area contributed by atoms with Gasteiger partial charge in [-0.15, -0.1) is 0 Å². The second-order valence-electron chi connectivity index (χ2n) is 8.45. The molecule has 0 N–H and O–H groups in total. The SMILES string of the molecule is Cc1nc(C)c(C)c(N2CCCC3(CCC(=O)N(CCN(C)C)C3)C2)n1. The summed E-state index contributed by atoms with van der Waals surface area (Å²) in [5.41, 5.74) is 2.46. The van der Waals surface area contributed by atoms with Gasteiger partial charge in [-0.1, -0.05) is 0 Å². The zero-order valence-electron chi connectivity index (χ0n) is 17.0. The summed E-state index contributed by atoms with van der Waals surface area (Å²) in [5, 5.41) is 0. The molecule has 6 heteroatoms. The molecule has 26 heavy (non-hydrogen) atoms. The van der Waals surface area contributed by atoms with E-state index in [1.807, 2.05) is 6.92 Å². The molecular weight excluding hydrogens is 326 g/mol. The van der Waals surface area contributed by atoms with Crippen molar-refractivity contribution in [3.8, 4) is 0 Å². The number of carbonyl (C=O) groups is 1. The van der Waals surface area contributed by atoms with E-state index in [0.29, 0.717) is 12.3 Å². The van der Waals surface area contributed by atoms with Gasteiger partial charge in [0.1, 0.15) is 11.6 Å². The first kappa shape index (κ1) is 19.1. The van der Waals surface area contributed by atoms with Gasteiger partial charge in [0.05, 0.1) is 0 Å². The maximum atomic E-state index is 12.4. The van der Waals surface area contributed by atoms with Crippen molar-refractivity contribution >= 4 is 11.7 Å². The van der Waals surface area contributed by atoms with Crippen molar-refractivity contribution in [1.82, 2.24) is 19.8 Å². The van der Waals surface area contributed by atoms with Gasteiger partial charge in [0.25, 0.3) is 0 Å². The lowest BCUT2D eigenvalue weighted by molar-refractivity contribution is -0.138. The average Bonchev–Trinajstić information content (AvgIpc) is 2.59. The molecule has 1 atom stereocenters. The molecule has 1 unspecified atom stereocenters. The van der Waals surface area contributed by atoms with E-state index in [4.69, 9.17) is 4.98 Å². The number of anilines is 1. The van der Waals surface area contributed by atoms with Crippen LogP contribution in [0.5, 0.6) is 0 Å². The second-order valence-corrected chi connectivity index (χ2v) is 8.45. The number of likely N-dealkylation sites (N-methyl/N-ethyl adjacent to an activating group) is 1. The molecule has 1 aromatic rings. The zero-order chi connectivity index (χ0) is 18.9. The zero-order valence-corrected chi connectivity index (χ0v) is 17.0. The van der Waals surface area contributed by atoms with Crippen molar-refractivity contribution < 1.29 is 4.79 Å². The second kappa shape index (κ2) is 7.51. The van der Waals surface area contributed by atoms with Crippen LogP contribution in [0, 0.1) is 26.2 Å². The van der Waals surface area contributed by atoms with Crippen LogP contribution in [0.15, 0.2) is 0 Å². The fourth-order valence-corrected chi connectivity index (χ4v) is 4.41. The Balaban J connectivity index is 1.78. The molecule has 0 saturated carbocycles. The molecule has 2 aliphatic heterocycles. The van der Waals surface area contributed by atoms with E-state index < -0.39 is 0 Å². The van der Waals surface area contributed by atoms with E-state index >= 15 is 0 Å². The van der Waals surface area contributed by atoms with Crippen LogP contribution in [-0.4, -0.2) is 72.5 Å². The van der Waals surface area contributed by atoms with Gasteiger partial charge in [-0.2, -0.15) is 0 Å². The van der Waals surface area contributed by atoms with Crippen LogP contribution < -0.4 is 4.90 Å². The minimum absolute atomic E-state index is 0.206. The number of hydrogen-bond acceptors (Lipinski definition) is 5. The third-order valence-electron chi connectivity index (χ3n) is 6.00. The Morgan fingerprint density at radius 2 is 1.88 bits per heavy atom. The third kappa shape index (κ3) is 4.00. The molecule has 1 aromatic heterocycles. The first-order chi connectivity index (χ1) is 12.3. The number of aromatic nitrogens is 2. The molecule has 144 valence electrons. The van der Waals surface area contributed by atoms with Crippen molar-refractivity contribution in [2.75, 3.05) is 51.7 Å². The van der Waals surface area contributed by atoms with Crippen molar-refractivity contribution in [3.63, 3.8) is 0 Å². The summed E-state index contributed by atoms with van der Waals surface area (Å²) in [4.78, 5) is 28.3. The molecule has 2 aliphatic rings. The van der Waals surface area contributed by atoms with Crippen molar-refractivity contribution in [1.29, 1.82) is 0 Å². The van der Waals surface area contributed by atoms with Gasteiger partial charge in [-0.3, -0.25) is 4.79 Å². The Morgan fingerprint density at radius 1 is 1.12 bits per heavy atom. The number of likely N-dealkylation sites (tertiary alicyclic amines) is 1. The van der Waals surface area contributed by atoms with E-state index in [1.165, 1.54) is 12.0 Å². The molecule has 1 spiro atoms. The average molecular weight is 360 g/mol. The summed E-state index contributed by atoms with van der Waals surface area (Å²) in [6.45, 7) is 10.8. The summed E-state index contributed by atoms with van der Waals surface area (Å²) in [6.07, 6.45) is 4.06. The molecule has 2 fully saturated rings. The van der Waals surface area contributed by atoms with E-state index in [9.17, 15) is 4.79 Å². The highest BCUT2D eigenvalue weighted by atomic mass is 16.2. The van der Waals surface area contributed by atoms with Crippen molar-refractivity contribution in [2.45, 2.75) is 46.5 Å². The van der Waals surface area contributed by atoms with Crippen LogP contribution in [0.1, 0.15) is 42.8 Å². The quantitative estimate of drug-likeness (QED) is 0.825. The molecular formula is C20H33N5O. The molecule has 0 radical (unpaired) electrons. The summed E-state index contributed by atoms with van der Waals surface area (Å²) >= 11 is 0. The number of aryl methyl sites for hydroxylation is 2. The molecule has 1 amide bonds. The predicted molar refractivity (Wildman–Crippen MR) is 104 cm³/mol. The summed E-state index contributed by atoms with van der Waals surface area (Å²) in [5.74, 6) is 2.25. The van der Waals surface area contributed by atoms with Crippen molar-refractivity contribution in [3.05, 3.63) is 17.1 Å². The van der Waals surface area contributed by atoms with Crippen LogP contribution in [0.4, 0.5) is 5.82 Å². The lowest BCUT2D eigenvalue weighted by Crippen LogP contribution is -2.55. The minimum Gasteiger partial charge on any atom is -0.356 e. The smallest absolute Gasteiger partial charge is 0.222 e. The fourth-order valence-electron chi connectivity index (χ4n) is 4.41. The third-order valence-corrected chi connectivity index (χ3v) is 6.00. The van der Waals surface area contributed by atoms with Gasteiger partial charge in [0.2, 0.25) is 5.91 Å². The number of nitrogens with zero attached hydrogens (tertiary/aromatic N) is 5. The van der Waals surface area contributed by atoms with Gasteiger partial charge in [-0.25, -0.2) is 9.97 Å². The lowest BCUT2D eigenvalue weighted by atomic mass is 9.73. The van der Waals surface area contributed by atoms with Crippen molar-refractivity contribution in [2.24, 2.45) is 5.41 Å². The normalized spacial score (nSPS) is 24.0. The molecule has 3 rings (SSSR count). The van der Waals surface area contributed by atoms with Crippen LogP contribution in [0.25, 0.3) is 0 Å². The predicted octanol–water partition coefficient (Wildman–Crippen LogP) is 2.17. The van der Waals surface area contributed by atoms with Gasteiger partial charge >= 0.3 is 0 Å². The summed E-state index contributed by atoms with van der Waals surface area (Å²) in [7, 11) is 4.13. The lowest BCUT2D eigenvalue weighted by Gasteiger charge is -2.49. The maximum Gasteiger partial charge on any atom is 0.222 e. The van der Waals surface area contributed by atoms with Gasteiger partial charge in [0.15, 0.2) is 0 Å². The van der Waals surface area contributed by atoms with Crippen LogP contribution in [0.3, 0.4) is 0 Å². The van der Waals surface area contributed by atoms with Gasteiger partial charge in [0, 0.05) is 55.8 Å². The highest BCUT2D eigenvalue weighted by Crippen LogP contribution is 2.40. The monoisotopic (exact) mass is 359 g/mol. The Hall–Kier alpha value is -1.69. The largest absolute Gasteiger partial charge is 0.356 e. The van der Waals surface area contributed by atoms with Crippen LogP contribution in [-0.2, 0) is 4.79 Å². The van der Waals surface area contributed by atoms with Gasteiger partial charge < -0.3 is 14.7 Å². The Morgan fingerprint density at radius 3 is 2.62 bits per heavy atom. The summed E-state index contributed by atoms with van der Waals surface area (Å²) < 4.78 is 0. The Kier molecular flexibility index (Phi) is 5.51. The first-order valence-corrected chi connectivity index (χ1v) is 9.79. The van der Waals surface area contributed by atoms with Crippen LogP contribution >= 0.6 is 0 Å². The Bertz CT molecular complexity index is 674. The highest BCUT2D eigenvalue weighted by molar-refractivity contribution is 5.77. The molecule has 0 bridgehead atoms. The highest BCUT2D eigenvalue weighted by Gasteiger charge is 2.42. The van der Waals surface area contributed by atoms with Gasteiger partial charge in [-0.05, 0) is 54.1 Å². The molecule has 0 aromatic carbocycles. The van der Waals surface area contributed by atoms with E-state index in [1.54, 1.807) is 0 Å². The topological polar surface area (TPSA) is 52.6 Å². The summed E-state index contributed by atoms with van der Waals surface area (Å²) in [6, 6.07) is 0. The van der Waals surface area contributed by atoms with E-state index in [-0.39, 0.29) is 5.41 Å². The minimum atomic E-state index is 0.206.